The molecule has 0 bridgehead atoms. The van der Waals surface area contributed by atoms with Gasteiger partial charge < -0.3 is 4.74 Å². The fourth-order valence-electron chi connectivity index (χ4n) is 1.12. The van der Waals surface area contributed by atoms with Gasteiger partial charge in [0, 0.05) is 6.20 Å². The maximum atomic E-state index is 11.4. The van der Waals surface area contributed by atoms with Gasteiger partial charge in [-0.05, 0) is 17.5 Å². The van der Waals surface area contributed by atoms with E-state index in [0.717, 1.165) is 5.69 Å². The molecule has 0 amide bonds. The highest BCUT2D eigenvalue weighted by atomic mass is 16.5. The van der Waals surface area contributed by atoms with Crippen molar-refractivity contribution in [1.82, 2.24) is 4.98 Å². The number of aromatic nitrogens is 1. The number of pyridine rings is 1. The molecule has 15 heavy (non-hydrogen) atoms. The number of hydrogen-bond acceptors (Lipinski definition) is 3. The predicted molar refractivity (Wildman–Crippen MR) is 58.1 cm³/mol. The molecule has 82 valence electrons. The third kappa shape index (κ3) is 5.15. The Balaban J connectivity index is 2.35. The van der Waals surface area contributed by atoms with Crippen LogP contribution < -0.4 is 0 Å². The average molecular weight is 207 g/mol. The van der Waals surface area contributed by atoms with Crippen LogP contribution in [0.1, 0.15) is 32.9 Å². The average Bonchev–Trinajstić information content (AvgIpc) is 2.14. The summed E-state index contributed by atoms with van der Waals surface area (Å²) in [4.78, 5) is 15.5. The van der Waals surface area contributed by atoms with Gasteiger partial charge in [0.1, 0.15) is 6.61 Å². The predicted octanol–water partition coefficient (Wildman–Crippen LogP) is 2.56. The van der Waals surface area contributed by atoms with Crippen LogP contribution in [0.15, 0.2) is 24.4 Å². The van der Waals surface area contributed by atoms with Gasteiger partial charge in [-0.15, -0.1) is 0 Å². The summed E-state index contributed by atoms with van der Waals surface area (Å²) in [5.41, 5.74) is 0.751. The van der Waals surface area contributed by atoms with E-state index in [1.165, 1.54) is 0 Å². The van der Waals surface area contributed by atoms with E-state index in [2.05, 4.69) is 4.98 Å². The summed E-state index contributed by atoms with van der Waals surface area (Å²) in [5.74, 6) is -0.173. The minimum absolute atomic E-state index is 0.0266. The Hall–Kier alpha value is -1.38. The molecular formula is C12H17NO2. The monoisotopic (exact) mass is 207 g/mol. The zero-order chi connectivity index (χ0) is 11.3. The van der Waals surface area contributed by atoms with Crippen molar-refractivity contribution in [2.75, 3.05) is 0 Å². The number of carbonyl (C=O) groups excluding carboxylic acids is 1. The molecule has 0 N–H and O–H groups in total. The maximum absolute atomic E-state index is 11.4. The van der Waals surface area contributed by atoms with Gasteiger partial charge in [-0.3, -0.25) is 9.78 Å². The lowest BCUT2D eigenvalue weighted by molar-refractivity contribution is -0.147. The Kier molecular flexibility index (Phi) is 3.83. The van der Waals surface area contributed by atoms with Crippen molar-refractivity contribution in [3.8, 4) is 0 Å². The van der Waals surface area contributed by atoms with Gasteiger partial charge in [-0.1, -0.05) is 26.8 Å². The fraction of sp³-hybridized carbons (Fsp3) is 0.500. The van der Waals surface area contributed by atoms with Crippen LogP contribution >= 0.6 is 0 Å². The van der Waals surface area contributed by atoms with Crippen LogP contribution in [0.4, 0.5) is 0 Å². The van der Waals surface area contributed by atoms with E-state index in [9.17, 15) is 4.79 Å². The van der Waals surface area contributed by atoms with E-state index in [4.69, 9.17) is 4.74 Å². The highest BCUT2D eigenvalue weighted by molar-refractivity contribution is 5.70. The summed E-state index contributed by atoms with van der Waals surface area (Å²) in [5, 5.41) is 0. The van der Waals surface area contributed by atoms with Crippen LogP contribution in [0.5, 0.6) is 0 Å². The Bertz CT molecular complexity index is 314. The molecule has 0 fully saturated rings. The van der Waals surface area contributed by atoms with E-state index in [0.29, 0.717) is 6.42 Å². The molecule has 3 nitrogen and oxygen atoms in total. The summed E-state index contributed by atoms with van der Waals surface area (Å²) in [6, 6.07) is 5.55. The van der Waals surface area contributed by atoms with Crippen LogP contribution in [0.25, 0.3) is 0 Å². The second kappa shape index (κ2) is 4.91. The Labute approximate surface area is 90.5 Å². The van der Waals surface area contributed by atoms with Crippen molar-refractivity contribution in [2.24, 2.45) is 5.41 Å². The lowest BCUT2D eigenvalue weighted by Crippen LogP contribution is -2.15. The largest absolute Gasteiger partial charge is 0.459 e. The van der Waals surface area contributed by atoms with Gasteiger partial charge in [-0.25, -0.2) is 0 Å². The summed E-state index contributed by atoms with van der Waals surface area (Å²) in [6.07, 6.45) is 2.12. The van der Waals surface area contributed by atoms with Crippen molar-refractivity contribution < 1.29 is 9.53 Å². The number of esters is 1. The molecule has 1 heterocycles. The first kappa shape index (κ1) is 11.7. The number of carbonyl (C=O) groups is 1. The van der Waals surface area contributed by atoms with Crippen molar-refractivity contribution in [3.63, 3.8) is 0 Å². The van der Waals surface area contributed by atoms with Crippen molar-refractivity contribution in [1.29, 1.82) is 0 Å². The number of nitrogens with zero attached hydrogens (tertiary/aromatic N) is 1. The second-order valence-corrected chi connectivity index (χ2v) is 4.72. The molecule has 0 aliphatic rings. The number of ether oxygens (including phenoxy) is 1. The van der Waals surface area contributed by atoms with E-state index < -0.39 is 0 Å². The van der Waals surface area contributed by atoms with Crippen molar-refractivity contribution >= 4 is 5.97 Å². The van der Waals surface area contributed by atoms with Gasteiger partial charge in [0.25, 0.3) is 0 Å². The molecule has 0 radical (unpaired) electrons. The molecule has 0 aliphatic heterocycles. The Morgan fingerprint density at radius 1 is 1.40 bits per heavy atom. The summed E-state index contributed by atoms with van der Waals surface area (Å²) < 4.78 is 5.10. The molecule has 0 atom stereocenters. The maximum Gasteiger partial charge on any atom is 0.306 e. The zero-order valence-electron chi connectivity index (χ0n) is 9.49. The van der Waals surface area contributed by atoms with Crippen LogP contribution in [-0.2, 0) is 16.1 Å². The third-order valence-corrected chi connectivity index (χ3v) is 1.78. The first-order valence-corrected chi connectivity index (χ1v) is 5.03. The Morgan fingerprint density at radius 3 is 2.67 bits per heavy atom. The van der Waals surface area contributed by atoms with Crippen LogP contribution in [0.2, 0.25) is 0 Å². The third-order valence-electron chi connectivity index (χ3n) is 1.78. The lowest BCUT2D eigenvalue weighted by Gasteiger charge is -2.16. The fourth-order valence-corrected chi connectivity index (χ4v) is 1.12. The smallest absolute Gasteiger partial charge is 0.306 e. The van der Waals surface area contributed by atoms with E-state index in [1.807, 2.05) is 39.0 Å². The lowest BCUT2D eigenvalue weighted by atomic mass is 9.92. The topological polar surface area (TPSA) is 39.2 Å². The molecular weight excluding hydrogens is 190 g/mol. The quantitative estimate of drug-likeness (QED) is 0.715. The number of rotatable bonds is 3. The minimum atomic E-state index is -0.173. The van der Waals surface area contributed by atoms with Crippen molar-refractivity contribution in [2.45, 2.75) is 33.8 Å². The molecule has 1 rings (SSSR count). The molecule has 0 aliphatic carbocycles. The van der Waals surface area contributed by atoms with E-state index in [-0.39, 0.29) is 18.0 Å². The van der Waals surface area contributed by atoms with E-state index >= 15 is 0 Å². The second-order valence-electron chi connectivity index (χ2n) is 4.72. The molecule has 1 aromatic rings. The summed E-state index contributed by atoms with van der Waals surface area (Å²) >= 11 is 0. The molecule has 0 saturated heterocycles. The zero-order valence-corrected chi connectivity index (χ0v) is 9.49. The first-order chi connectivity index (χ1) is 6.97. The molecule has 0 spiro atoms. The standard InChI is InChI=1S/C12H17NO2/c1-12(2,3)8-11(14)15-9-10-6-4-5-7-13-10/h4-7H,8-9H2,1-3H3. The molecule has 0 saturated carbocycles. The normalized spacial score (nSPS) is 11.1. The van der Waals surface area contributed by atoms with Crippen molar-refractivity contribution in [3.05, 3.63) is 30.1 Å². The first-order valence-electron chi connectivity index (χ1n) is 5.03. The van der Waals surface area contributed by atoms with Crippen LogP contribution in [-0.4, -0.2) is 11.0 Å². The van der Waals surface area contributed by atoms with Crippen LogP contribution in [0, 0.1) is 5.41 Å². The molecule has 3 heteroatoms. The molecule has 0 unspecified atom stereocenters. The summed E-state index contributed by atoms with van der Waals surface area (Å²) in [6.45, 7) is 6.29. The van der Waals surface area contributed by atoms with Gasteiger partial charge >= 0.3 is 5.97 Å². The number of hydrogen-bond donors (Lipinski definition) is 0. The highest BCUT2D eigenvalue weighted by Crippen LogP contribution is 2.19. The SMILES string of the molecule is CC(C)(C)CC(=O)OCc1ccccn1. The summed E-state index contributed by atoms with van der Waals surface area (Å²) in [7, 11) is 0. The van der Waals surface area contributed by atoms with Gasteiger partial charge in [0.2, 0.25) is 0 Å². The minimum Gasteiger partial charge on any atom is -0.459 e. The highest BCUT2D eigenvalue weighted by Gasteiger charge is 2.16. The van der Waals surface area contributed by atoms with Crippen LogP contribution in [0.3, 0.4) is 0 Å². The van der Waals surface area contributed by atoms with Gasteiger partial charge in [0.15, 0.2) is 0 Å². The van der Waals surface area contributed by atoms with Gasteiger partial charge in [0.05, 0.1) is 12.1 Å². The Morgan fingerprint density at radius 2 is 2.13 bits per heavy atom. The van der Waals surface area contributed by atoms with E-state index in [1.54, 1.807) is 6.20 Å². The molecule has 0 aromatic carbocycles. The van der Waals surface area contributed by atoms with Gasteiger partial charge in [-0.2, -0.15) is 0 Å². The molecule has 1 aromatic heterocycles.